The van der Waals surface area contributed by atoms with Crippen molar-refractivity contribution in [1.82, 2.24) is 14.8 Å². The van der Waals surface area contributed by atoms with Crippen LogP contribution in [0.25, 0.3) is 5.82 Å². The first kappa shape index (κ1) is 9.57. The van der Waals surface area contributed by atoms with Crippen LogP contribution in [0, 0.1) is 16.3 Å². The lowest BCUT2D eigenvalue weighted by Crippen LogP contribution is -1.97. The first-order valence-electron chi connectivity index (χ1n) is 4.00. The van der Waals surface area contributed by atoms with Gasteiger partial charge >= 0.3 is 0 Å². The Morgan fingerprint density at radius 1 is 1.43 bits per heavy atom. The average Bonchev–Trinajstić information content (AvgIpc) is 2.48. The Kier molecular flexibility index (Phi) is 2.49. The minimum atomic E-state index is -0.340. The summed E-state index contributed by atoms with van der Waals surface area (Å²) < 4.78 is 15.3. The van der Waals surface area contributed by atoms with Crippen LogP contribution >= 0.6 is 22.6 Å². The van der Waals surface area contributed by atoms with Crippen molar-refractivity contribution in [2.75, 3.05) is 0 Å². The van der Waals surface area contributed by atoms with E-state index >= 15 is 0 Å². The maximum Gasteiger partial charge on any atom is 0.153 e. The Labute approximate surface area is 94.1 Å². The fraction of sp³-hybridized carbons (Fsp3) is 0.111. The summed E-state index contributed by atoms with van der Waals surface area (Å²) in [7, 11) is 0. The molecule has 3 nitrogen and oxygen atoms in total. The Balaban J connectivity index is 2.44. The second kappa shape index (κ2) is 3.64. The van der Waals surface area contributed by atoms with Crippen LogP contribution in [0.15, 0.2) is 24.5 Å². The lowest BCUT2D eigenvalue weighted by Gasteiger charge is -1.98. The Bertz CT molecular complexity index is 430. The molecule has 0 radical (unpaired) electrons. The molecule has 0 spiro atoms. The topological polar surface area (TPSA) is 30.7 Å². The SMILES string of the molecule is Cc1nn(-c2ccc(F)cn2)cc1I. The van der Waals surface area contributed by atoms with Crippen molar-refractivity contribution >= 4 is 22.6 Å². The molecule has 2 aromatic rings. The van der Waals surface area contributed by atoms with Crippen molar-refractivity contribution in [1.29, 1.82) is 0 Å². The standard InChI is InChI=1S/C9H7FIN3/c1-6-8(11)5-14(13-6)9-3-2-7(10)4-12-9/h2-5H,1H3. The van der Waals surface area contributed by atoms with Gasteiger partial charge in [-0.15, -0.1) is 0 Å². The predicted molar refractivity (Wildman–Crippen MR) is 58.8 cm³/mol. The van der Waals surface area contributed by atoms with Crippen molar-refractivity contribution in [2.24, 2.45) is 0 Å². The number of hydrogen-bond acceptors (Lipinski definition) is 2. The number of aromatic nitrogens is 3. The van der Waals surface area contributed by atoms with Crippen molar-refractivity contribution in [3.63, 3.8) is 0 Å². The van der Waals surface area contributed by atoms with Gasteiger partial charge in [-0.3, -0.25) is 0 Å². The molecule has 14 heavy (non-hydrogen) atoms. The Morgan fingerprint density at radius 3 is 2.71 bits per heavy atom. The van der Waals surface area contributed by atoms with Gasteiger partial charge in [0.05, 0.1) is 15.5 Å². The van der Waals surface area contributed by atoms with Crippen LogP contribution in [0.5, 0.6) is 0 Å². The van der Waals surface area contributed by atoms with Gasteiger partial charge in [0.1, 0.15) is 5.82 Å². The van der Waals surface area contributed by atoms with Gasteiger partial charge in [-0.05, 0) is 41.6 Å². The molecule has 2 heterocycles. The van der Waals surface area contributed by atoms with E-state index in [4.69, 9.17) is 0 Å². The molecular weight excluding hydrogens is 296 g/mol. The van der Waals surface area contributed by atoms with Crippen molar-refractivity contribution in [3.8, 4) is 5.82 Å². The second-order valence-corrected chi connectivity index (χ2v) is 4.00. The number of pyridine rings is 1. The van der Waals surface area contributed by atoms with Crippen LogP contribution in [-0.2, 0) is 0 Å². The third-order valence-electron chi connectivity index (χ3n) is 1.79. The summed E-state index contributed by atoms with van der Waals surface area (Å²) in [6.45, 7) is 1.92. The highest BCUT2D eigenvalue weighted by molar-refractivity contribution is 14.1. The van der Waals surface area contributed by atoms with E-state index in [2.05, 4.69) is 32.7 Å². The zero-order chi connectivity index (χ0) is 10.1. The van der Waals surface area contributed by atoms with Gasteiger partial charge in [0.2, 0.25) is 0 Å². The van der Waals surface area contributed by atoms with Gasteiger partial charge in [-0.1, -0.05) is 0 Å². The molecule has 72 valence electrons. The molecule has 0 N–H and O–H groups in total. The van der Waals surface area contributed by atoms with E-state index < -0.39 is 0 Å². The van der Waals surface area contributed by atoms with Crippen molar-refractivity contribution in [3.05, 3.63) is 39.6 Å². The zero-order valence-corrected chi connectivity index (χ0v) is 9.56. The first-order chi connectivity index (χ1) is 6.66. The van der Waals surface area contributed by atoms with Gasteiger partial charge in [0, 0.05) is 6.20 Å². The highest BCUT2D eigenvalue weighted by Crippen LogP contribution is 2.12. The van der Waals surface area contributed by atoms with E-state index in [1.807, 2.05) is 13.1 Å². The molecule has 0 aliphatic carbocycles. The van der Waals surface area contributed by atoms with E-state index in [0.717, 1.165) is 9.26 Å². The third kappa shape index (κ3) is 1.77. The predicted octanol–water partition coefficient (Wildman–Crippen LogP) is 2.32. The normalized spacial score (nSPS) is 10.5. The summed E-state index contributed by atoms with van der Waals surface area (Å²) in [6, 6.07) is 2.96. The second-order valence-electron chi connectivity index (χ2n) is 2.84. The van der Waals surface area contributed by atoms with E-state index in [0.29, 0.717) is 5.82 Å². The summed E-state index contributed by atoms with van der Waals surface area (Å²) in [4.78, 5) is 3.93. The van der Waals surface area contributed by atoms with Crippen molar-refractivity contribution in [2.45, 2.75) is 6.92 Å². The maximum absolute atomic E-state index is 12.6. The molecular formula is C9H7FIN3. The largest absolute Gasteiger partial charge is 0.234 e. The van der Waals surface area contributed by atoms with Gasteiger partial charge in [-0.2, -0.15) is 5.10 Å². The lowest BCUT2D eigenvalue weighted by atomic mass is 10.4. The molecule has 0 unspecified atom stereocenters. The first-order valence-corrected chi connectivity index (χ1v) is 5.08. The summed E-state index contributed by atoms with van der Waals surface area (Å²) in [5.41, 5.74) is 0.941. The van der Waals surface area contributed by atoms with Crippen LogP contribution in [0.1, 0.15) is 5.69 Å². The van der Waals surface area contributed by atoms with Crippen LogP contribution in [0.2, 0.25) is 0 Å². The highest BCUT2D eigenvalue weighted by Gasteiger charge is 2.03. The average molecular weight is 303 g/mol. The summed E-state index contributed by atoms with van der Waals surface area (Å²) >= 11 is 2.19. The molecule has 0 aromatic carbocycles. The lowest BCUT2D eigenvalue weighted by molar-refractivity contribution is 0.619. The molecule has 5 heteroatoms. The molecule has 2 rings (SSSR count). The Hall–Kier alpha value is -0.980. The molecule has 0 atom stereocenters. The molecule has 2 aromatic heterocycles. The molecule has 0 saturated carbocycles. The van der Waals surface area contributed by atoms with Gasteiger partial charge in [0.15, 0.2) is 5.82 Å². The van der Waals surface area contributed by atoms with Crippen LogP contribution in [0.4, 0.5) is 4.39 Å². The van der Waals surface area contributed by atoms with E-state index in [-0.39, 0.29) is 5.82 Å². The Morgan fingerprint density at radius 2 is 2.21 bits per heavy atom. The molecule has 0 aliphatic heterocycles. The van der Waals surface area contributed by atoms with Gasteiger partial charge in [-0.25, -0.2) is 14.1 Å². The van der Waals surface area contributed by atoms with Crippen molar-refractivity contribution < 1.29 is 4.39 Å². The maximum atomic E-state index is 12.6. The fourth-order valence-electron chi connectivity index (χ4n) is 1.06. The minimum Gasteiger partial charge on any atom is -0.234 e. The van der Waals surface area contributed by atoms with Crippen LogP contribution < -0.4 is 0 Å². The van der Waals surface area contributed by atoms with E-state index in [1.54, 1.807) is 10.7 Å². The molecule has 0 amide bonds. The molecule has 0 saturated heterocycles. The van der Waals surface area contributed by atoms with Gasteiger partial charge in [0.25, 0.3) is 0 Å². The van der Waals surface area contributed by atoms with E-state index in [1.165, 1.54) is 12.3 Å². The number of nitrogens with zero attached hydrogens (tertiary/aromatic N) is 3. The summed E-state index contributed by atoms with van der Waals surface area (Å²) in [6.07, 6.45) is 3.04. The number of aryl methyl sites for hydroxylation is 1. The van der Waals surface area contributed by atoms with Crippen LogP contribution in [0.3, 0.4) is 0 Å². The number of hydrogen-bond donors (Lipinski definition) is 0. The highest BCUT2D eigenvalue weighted by atomic mass is 127. The molecule has 0 bridgehead atoms. The summed E-state index contributed by atoms with van der Waals surface area (Å²) in [5.74, 6) is 0.282. The smallest absolute Gasteiger partial charge is 0.153 e. The molecule has 0 aliphatic rings. The minimum absolute atomic E-state index is 0.340. The zero-order valence-electron chi connectivity index (χ0n) is 7.41. The summed E-state index contributed by atoms with van der Waals surface area (Å²) in [5, 5.41) is 4.23. The fourth-order valence-corrected chi connectivity index (χ4v) is 1.43. The van der Waals surface area contributed by atoms with Gasteiger partial charge < -0.3 is 0 Å². The third-order valence-corrected chi connectivity index (χ3v) is 2.84. The molecule has 0 fully saturated rings. The quantitative estimate of drug-likeness (QED) is 0.757. The van der Waals surface area contributed by atoms with E-state index in [9.17, 15) is 4.39 Å². The van der Waals surface area contributed by atoms with Crippen LogP contribution in [-0.4, -0.2) is 14.8 Å². The number of halogens is 2. The number of rotatable bonds is 1. The monoisotopic (exact) mass is 303 g/mol.